The minimum absolute atomic E-state index is 0.00378. The summed E-state index contributed by atoms with van der Waals surface area (Å²) < 4.78 is 0. The third-order valence-corrected chi connectivity index (χ3v) is 5.64. The number of nitrogens with one attached hydrogen (secondary N) is 1. The number of carbonyl (C=O) groups excluding carboxylic acids is 1. The lowest BCUT2D eigenvalue weighted by Gasteiger charge is -2.36. The SMILES string of the molecule is O=C(Nc1cccnc1N1CCCC1)N1CCCCC1Cc1ccccc1. The molecule has 2 saturated heterocycles. The normalized spacial score (nSPS) is 19.9. The summed E-state index contributed by atoms with van der Waals surface area (Å²) in [6.07, 6.45) is 8.43. The Morgan fingerprint density at radius 3 is 2.59 bits per heavy atom. The Balaban J connectivity index is 1.48. The second-order valence-electron chi connectivity index (χ2n) is 7.53. The quantitative estimate of drug-likeness (QED) is 0.879. The highest BCUT2D eigenvalue weighted by Crippen LogP contribution is 2.28. The summed E-state index contributed by atoms with van der Waals surface area (Å²) in [5.41, 5.74) is 2.12. The van der Waals surface area contributed by atoms with E-state index in [1.807, 2.05) is 29.3 Å². The number of rotatable bonds is 4. The molecule has 0 aliphatic carbocycles. The van der Waals surface area contributed by atoms with E-state index in [1.165, 1.54) is 24.8 Å². The van der Waals surface area contributed by atoms with Gasteiger partial charge in [0, 0.05) is 31.9 Å². The highest BCUT2D eigenvalue weighted by Gasteiger charge is 2.28. The van der Waals surface area contributed by atoms with Gasteiger partial charge in [-0.2, -0.15) is 0 Å². The number of carbonyl (C=O) groups is 1. The third kappa shape index (κ3) is 4.24. The number of urea groups is 1. The molecule has 5 nitrogen and oxygen atoms in total. The number of pyridine rings is 1. The van der Waals surface area contributed by atoms with Gasteiger partial charge in [0.2, 0.25) is 0 Å². The van der Waals surface area contributed by atoms with E-state index in [4.69, 9.17) is 0 Å². The Bertz CT molecular complexity index is 758. The van der Waals surface area contributed by atoms with E-state index in [0.29, 0.717) is 0 Å². The summed E-state index contributed by atoms with van der Waals surface area (Å²) in [5, 5.41) is 3.16. The van der Waals surface area contributed by atoms with Gasteiger partial charge in [0.1, 0.15) is 0 Å². The molecule has 0 bridgehead atoms. The van der Waals surface area contributed by atoms with Crippen molar-refractivity contribution in [2.24, 2.45) is 0 Å². The number of anilines is 2. The van der Waals surface area contributed by atoms with Crippen molar-refractivity contribution in [3.63, 3.8) is 0 Å². The smallest absolute Gasteiger partial charge is 0.322 e. The fourth-order valence-corrected chi connectivity index (χ4v) is 4.23. The monoisotopic (exact) mass is 364 g/mol. The number of likely N-dealkylation sites (tertiary alicyclic amines) is 1. The van der Waals surface area contributed by atoms with Crippen LogP contribution >= 0.6 is 0 Å². The number of aromatic nitrogens is 1. The first-order valence-electron chi connectivity index (χ1n) is 10.1. The van der Waals surface area contributed by atoms with Crippen LogP contribution in [0.3, 0.4) is 0 Å². The maximum Gasteiger partial charge on any atom is 0.322 e. The molecule has 1 aromatic carbocycles. The molecule has 1 aromatic heterocycles. The van der Waals surface area contributed by atoms with E-state index >= 15 is 0 Å². The lowest BCUT2D eigenvalue weighted by atomic mass is 9.96. The first-order chi connectivity index (χ1) is 13.3. The fraction of sp³-hybridized carbons (Fsp3) is 0.455. The number of hydrogen-bond donors (Lipinski definition) is 1. The first-order valence-corrected chi connectivity index (χ1v) is 10.1. The van der Waals surface area contributed by atoms with E-state index in [2.05, 4.69) is 39.5 Å². The zero-order valence-corrected chi connectivity index (χ0v) is 15.8. The van der Waals surface area contributed by atoms with Gasteiger partial charge in [-0.25, -0.2) is 9.78 Å². The summed E-state index contributed by atoms with van der Waals surface area (Å²) in [5.74, 6) is 0.903. The van der Waals surface area contributed by atoms with Gasteiger partial charge in [0.15, 0.2) is 5.82 Å². The van der Waals surface area contributed by atoms with Gasteiger partial charge in [-0.3, -0.25) is 0 Å². The van der Waals surface area contributed by atoms with E-state index in [9.17, 15) is 4.79 Å². The van der Waals surface area contributed by atoms with E-state index in [1.54, 1.807) is 0 Å². The van der Waals surface area contributed by atoms with Crippen LogP contribution < -0.4 is 10.2 Å². The van der Waals surface area contributed by atoms with Crippen molar-refractivity contribution in [1.29, 1.82) is 0 Å². The predicted octanol–water partition coefficient (Wildman–Crippen LogP) is 4.31. The Morgan fingerprint density at radius 2 is 1.78 bits per heavy atom. The average Bonchev–Trinajstić information content (AvgIpc) is 3.24. The summed E-state index contributed by atoms with van der Waals surface area (Å²) in [6.45, 7) is 2.85. The van der Waals surface area contributed by atoms with Gasteiger partial charge >= 0.3 is 6.03 Å². The second kappa shape index (κ2) is 8.42. The minimum atomic E-state index is 0.00378. The van der Waals surface area contributed by atoms with Crippen molar-refractivity contribution in [2.45, 2.75) is 44.6 Å². The molecule has 2 fully saturated rings. The third-order valence-electron chi connectivity index (χ3n) is 5.64. The number of nitrogens with zero attached hydrogens (tertiary/aromatic N) is 3. The molecule has 27 heavy (non-hydrogen) atoms. The Hall–Kier alpha value is -2.56. The molecule has 0 spiro atoms. The topological polar surface area (TPSA) is 48.5 Å². The Kier molecular flexibility index (Phi) is 5.56. The zero-order valence-electron chi connectivity index (χ0n) is 15.8. The summed E-state index contributed by atoms with van der Waals surface area (Å²) >= 11 is 0. The van der Waals surface area contributed by atoms with Gasteiger partial charge in [0.05, 0.1) is 5.69 Å². The molecule has 2 aliphatic heterocycles. The van der Waals surface area contributed by atoms with Crippen LogP contribution in [0.25, 0.3) is 0 Å². The van der Waals surface area contributed by atoms with Crippen LogP contribution in [-0.4, -0.2) is 41.6 Å². The molecule has 1 atom stereocenters. The molecule has 2 amide bonds. The van der Waals surface area contributed by atoms with Crippen LogP contribution in [0.2, 0.25) is 0 Å². The lowest BCUT2D eigenvalue weighted by molar-refractivity contribution is 0.162. The standard InChI is InChI=1S/C22H28N4O/c27-22(24-20-12-8-13-23-21(20)25-14-6-7-15-25)26-16-5-4-11-19(26)17-18-9-2-1-3-10-18/h1-3,8-10,12-13,19H,4-7,11,14-17H2,(H,24,27). The van der Waals surface area contributed by atoms with Gasteiger partial charge < -0.3 is 15.1 Å². The number of amides is 2. The van der Waals surface area contributed by atoms with Crippen molar-refractivity contribution in [1.82, 2.24) is 9.88 Å². The van der Waals surface area contributed by atoms with Crippen LogP contribution in [-0.2, 0) is 6.42 Å². The van der Waals surface area contributed by atoms with Crippen molar-refractivity contribution >= 4 is 17.5 Å². The fourth-order valence-electron chi connectivity index (χ4n) is 4.23. The number of piperidine rings is 1. The van der Waals surface area contributed by atoms with Crippen molar-refractivity contribution < 1.29 is 4.79 Å². The molecule has 4 rings (SSSR count). The number of benzene rings is 1. The van der Waals surface area contributed by atoms with Crippen LogP contribution in [0.5, 0.6) is 0 Å². The van der Waals surface area contributed by atoms with Crippen molar-refractivity contribution in [3.8, 4) is 0 Å². The Labute approximate surface area is 161 Å². The largest absolute Gasteiger partial charge is 0.355 e. The molecule has 0 saturated carbocycles. The molecular weight excluding hydrogens is 336 g/mol. The molecule has 1 unspecified atom stereocenters. The second-order valence-corrected chi connectivity index (χ2v) is 7.53. The highest BCUT2D eigenvalue weighted by molar-refractivity contribution is 5.92. The summed E-state index contributed by atoms with van der Waals surface area (Å²) in [7, 11) is 0. The molecule has 0 radical (unpaired) electrons. The predicted molar refractivity (Wildman–Crippen MR) is 109 cm³/mol. The molecule has 3 heterocycles. The zero-order chi connectivity index (χ0) is 18.5. The van der Waals surface area contributed by atoms with Gasteiger partial charge in [0.25, 0.3) is 0 Å². The lowest BCUT2D eigenvalue weighted by Crippen LogP contribution is -2.47. The van der Waals surface area contributed by atoms with E-state index in [0.717, 1.165) is 50.4 Å². The highest BCUT2D eigenvalue weighted by atomic mass is 16.2. The van der Waals surface area contributed by atoms with Gasteiger partial charge in [-0.1, -0.05) is 30.3 Å². The van der Waals surface area contributed by atoms with Crippen molar-refractivity contribution in [3.05, 3.63) is 54.2 Å². The maximum atomic E-state index is 13.1. The molecule has 2 aliphatic rings. The van der Waals surface area contributed by atoms with Crippen LogP contribution in [0.4, 0.5) is 16.3 Å². The summed E-state index contributed by atoms with van der Waals surface area (Å²) in [6, 6.07) is 14.6. The first kappa shape index (κ1) is 17.8. The molecule has 1 N–H and O–H groups in total. The molecular formula is C22H28N4O. The van der Waals surface area contributed by atoms with Crippen LogP contribution in [0.1, 0.15) is 37.7 Å². The van der Waals surface area contributed by atoms with Gasteiger partial charge in [-0.15, -0.1) is 0 Å². The average molecular weight is 364 g/mol. The van der Waals surface area contributed by atoms with Crippen LogP contribution in [0.15, 0.2) is 48.7 Å². The molecule has 5 heteroatoms. The molecule has 142 valence electrons. The van der Waals surface area contributed by atoms with Gasteiger partial charge in [-0.05, 0) is 56.2 Å². The minimum Gasteiger partial charge on any atom is -0.355 e. The van der Waals surface area contributed by atoms with E-state index < -0.39 is 0 Å². The van der Waals surface area contributed by atoms with E-state index in [-0.39, 0.29) is 12.1 Å². The molecule has 2 aromatic rings. The summed E-state index contributed by atoms with van der Waals surface area (Å²) in [4.78, 5) is 21.9. The Morgan fingerprint density at radius 1 is 1.00 bits per heavy atom. The number of hydrogen-bond acceptors (Lipinski definition) is 3. The van der Waals surface area contributed by atoms with Crippen molar-refractivity contribution in [2.75, 3.05) is 29.9 Å². The van der Waals surface area contributed by atoms with Crippen LogP contribution in [0, 0.1) is 0 Å². The maximum absolute atomic E-state index is 13.1.